The summed E-state index contributed by atoms with van der Waals surface area (Å²) in [5.74, 6) is 1.92. The molecular formula is C13H20O. The van der Waals surface area contributed by atoms with Crippen LogP contribution >= 0.6 is 0 Å². The fraction of sp³-hybridized carbons (Fsp3) is 0.923. The number of carbonyl (C=O) groups is 1. The van der Waals surface area contributed by atoms with E-state index in [1.165, 1.54) is 44.8 Å². The third-order valence-corrected chi connectivity index (χ3v) is 4.99. The van der Waals surface area contributed by atoms with Crippen molar-refractivity contribution in [2.24, 2.45) is 22.7 Å². The Balaban J connectivity index is 1.92. The van der Waals surface area contributed by atoms with E-state index >= 15 is 0 Å². The molecule has 0 heterocycles. The average molecular weight is 192 g/mol. The molecule has 0 aromatic rings. The van der Waals surface area contributed by atoms with Gasteiger partial charge in [0.05, 0.1) is 0 Å². The molecule has 4 saturated carbocycles. The smallest absolute Gasteiger partial charge is 0.120 e. The first-order valence-corrected chi connectivity index (χ1v) is 6.07. The highest BCUT2D eigenvalue weighted by Crippen LogP contribution is 2.65. The lowest BCUT2D eigenvalue weighted by Gasteiger charge is -2.61. The van der Waals surface area contributed by atoms with E-state index in [-0.39, 0.29) is 0 Å². The highest BCUT2D eigenvalue weighted by molar-refractivity contribution is 5.51. The van der Waals surface area contributed by atoms with Gasteiger partial charge in [-0.2, -0.15) is 0 Å². The Bertz CT molecular complexity index is 254. The van der Waals surface area contributed by atoms with Crippen molar-refractivity contribution in [1.29, 1.82) is 0 Å². The predicted molar refractivity (Wildman–Crippen MR) is 55.9 cm³/mol. The van der Waals surface area contributed by atoms with E-state index in [0.717, 1.165) is 18.3 Å². The number of hydrogen-bond acceptors (Lipinski definition) is 1. The minimum absolute atomic E-state index is 0.445. The summed E-state index contributed by atoms with van der Waals surface area (Å²) in [5.41, 5.74) is 1.05. The third-order valence-electron chi connectivity index (χ3n) is 4.99. The fourth-order valence-electron chi connectivity index (χ4n) is 5.34. The zero-order valence-electron chi connectivity index (χ0n) is 9.09. The second kappa shape index (κ2) is 2.62. The summed E-state index contributed by atoms with van der Waals surface area (Å²) in [6, 6.07) is 0. The molecule has 2 unspecified atom stereocenters. The van der Waals surface area contributed by atoms with Crippen molar-refractivity contribution in [3.8, 4) is 0 Å². The van der Waals surface area contributed by atoms with Crippen LogP contribution in [0.2, 0.25) is 0 Å². The molecule has 4 rings (SSSR count). The average Bonchev–Trinajstić information content (AvgIpc) is 1.97. The zero-order valence-corrected chi connectivity index (χ0v) is 9.09. The third kappa shape index (κ3) is 1.17. The minimum atomic E-state index is 0.445. The van der Waals surface area contributed by atoms with Gasteiger partial charge in [0.25, 0.3) is 0 Å². The molecule has 4 aliphatic carbocycles. The summed E-state index contributed by atoms with van der Waals surface area (Å²) in [5, 5.41) is 0. The quantitative estimate of drug-likeness (QED) is 0.614. The molecule has 0 radical (unpaired) electrons. The monoisotopic (exact) mass is 192 g/mol. The molecule has 1 heteroatoms. The van der Waals surface area contributed by atoms with Gasteiger partial charge in [-0.1, -0.05) is 6.92 Å². The van der Waals surface area contributed by atoms with E-state index in [1.807, 2.05) is 0 Å². The van der Waals surface area contributed by atoms with Crippen molar-refractivity contribution >= 4 is 6.29 Å². The first kappa shape index (κ1) is 8.94. The molecule has 0 N–H and O–H groups in total. The SMILES string of the molecule is CC12CC3CC(C1)CC(CC=O)(C3)C2. The van der Waals surface area contributed by atoms with Gasteiger partial charge < -0.3 is 4.79 Å². The van der Waals surface area contributed by atoms with E-state index in [1.54, 1.807) is 0 Å². The van der Waals surface area contributed by atoms with E-state index < -0.39 is 0 Å². The molecule has 0 aromatic heterocycles. The van der Waals surface area contributed by atoms with Crippen LogP contribution in [0.5, 0.6) is 0 Å². The number of rotatable bonds is 2. The van der Waals surface area contributed by atoms with Crippen molar-refractivity contribution in [1.82, 2.24) is 0 Å². The molecule has 0 amide bonds. The zero-order chi connectivity index (χ0) is 9.81. The Hall–Kier alpha value is -0.330. The van der Waals surface area contributed by atoms with E-state index in [2.05, 4.69) is 6.92 Å². The van der Waals surface area contributed by atoms with Crippen molar-refractivity contribution in [3.05, 3.63) is 0 Å². The first-order chi connectivity index (χ1) is 6.63. The number of hydrogen-bond donors (Lipinski definition) is 0. The van der Waals surface area contributed by atoms with E-state index in [9.17, 15) is 4.79 Å². The fourth-order valence-corrected chi connectivity index (χ4v) is 5.34. The van der Waals surface area contributed by atoms with Gasteiger partial charge in [0.2, 0.25) is 0 Å². The van der Waals surface area contributed by atoms with Gasteiger partial charge in [-0.3, -0.25) is 0 Å². The van der Waals surface area contributed by atoms with Gasteiger partial charge in [-0.15, -0.1) is 0 Å². The summed E-state index contributed by atoms with van der Waals surface area (Å²) in [6.45, 7) is 2.46. The molecule has 0 spiro atoms. The van der Waals surface area contributed by atoms with Crippen LogP contribution in [0, 0.1) is 22.7 Å². The van der Waals surface area contributed by atoms with Gasteiger partial charge in [-0.05, 0) is 61.2 Å². The largest absolute Gasteiger partial charge is 0.303 e. The molecule has 0 aliphatic heterocycles. The van der Waals surface area contributed by atoms with Crippen molar-refractivity contribution in [2.45, 2.75) is 51.9 Å². The molecule has 0 saturated heterocycles. The van der Waals surface area contributed by atoms with Crippen LogP contribution < -0.4 is 0 Å². The van der Waals surface area contributed by atoms with Crippen molar-refractivity contribution < 1.29 is 4.79 Å². The van der Waals surface area contributed by atoms with Gasteiger partial charge in [-0.25, -0.2) is 0 Å². The number of aldehydes is 1. The maximum atomic E-state index is 10.8. The van der Waals surface area contributed by atoms with E-state index in [0.29, 0.717) is 10.8 Å². The lowest BCUT2D eigenvalue weighted by atomic mass is 9.44. The second-order valence-corrected chi connectivity index (χ2v) is 6.64. The van der Waals surface area contributed by atoms with Gasteiger partial charge in [0.1, 0.15) is 6.29 Å². The molecule has 2 atom stereocenters. The van der Waals surface area contributed by atoms with E-state index in [4.69, 9.17) is 0 Å². The normalized spacial score (nSPS) is 54.9. The molecule has 4 aliphatic rings. The number of carbonyl (C=O) groups excluding carboxylic acids is 1. The summed E-state index contributed by atoms with van der Waals surface area (Å²) in [4.78, 5) is 10.8. The van der Waals surface area contributed by atoms with Crippen LogP contribution in [-0.4, -0.2) is 6.29 Å². The Morgan fingerprint density at radius 1 is 1.21 bits per heavy atom. The summed E-state index contributed by atoms with van der Waals surface area (Å²) in [6.07, 6.45) is 10.4. The van der Waals surface area contributed by atoms with Crippen LogP contribution in [0.1, 0.15) is 51.9 Å². The highest BCUT2D eigenvalue weighted by Gasteiger charge is 2.55. The molecule has 0 aromatic carbocycles. The van der Waals surface area contributed by atoms with Crippen molar-refractivity contribution in [2.75, 3.05) is 0 Å². The Labute approximate surface area is 86.3 Å². The maximum absolute atomic E-state index is 10.8. The minimum Gasteiger partial charge on any atom is -0.303 e. The van der Waals surface area contributed by atoms with Gasteiger partial charge in [0, 0.05) is 6.42 Å². The van der Waals surface area contributed by atoms with Gasteiger partial charge in [0.15, 0.2) is 0 Å². The maximum Gasteiger partial charge on any atom is 0.120 e. The Morgan fingerprint density at radius 3 is 2.36 bits per heavy atom. The molecule has 4 fully saturated rings. The molecular weight excluding hydrogens is 172 g/mol. The van der Waals surface area contributed by atoms with Crippen LogP contribution in [0.25, 0.3) is 0 Å². The first-order valence-electron chi connectivity index (χ1n) is 6.07. The van der Waals surface area contributed by atoms with Gasteiger partial charge >= 0.3 is 0 Å². The van der Waals surface area contributed by atoms with Crippen LogP contribution in [0.3, 0.4) is 0 Å². The van der Waals surface area contributed by atoms with Crippen molar-refractivity contribution in [3.63, 3.8) is 0 Å². The van der Waals surface area contributed by atoms with Crippen LogP contribution in [0.15, 0.2) is 0 Å². The topological polar surface area (TPSA) is 17.1 Å². The molecule has 14 heavy (non-hydrogen) atoms. The predicted octanol–water partition coefficient (Wildman–Crippen LogP) is 3.18. The lowest BCUT2D eigenvalue weighted by molar-refractivity contribution is -0.125. The van der Waals surface area contributed by atoms with Crippen LogP contribution in [-0.2, 0) is 4.79 Å². The summed E-state index contributed by atoms with van der Waals surface area (Å²) >= 11 is 0. The Morgan fingerprint density at radius 2 is 1.86 bits per heavy atom. The summed E-state index contributed by atoms with van der Waals surface area (Å²) in [7, 11) is 0. The molecule has 4 bridgehead atoms. The standard InChI is InChI=1S/C13H20O/c1-12-5-10-4-11(6-12)8-13(7-10,9-12)2-3-14/h3,10-11H,2,4-9H2,1H3. The molecule has 1 nitrogen and oxygen atoms in total. The molecule has 78 valence electrons. The second-order valence-electron chi connectivity index (χ2n) is 6.64. The lowest BCUT2D eigenvalue weighted by Crippen LogP contribution is -2.50. The summed E-state index contributed by atoms with van der Waals surface area (Å²) < 4.78 is 0. The highest BCUT2D eigenvalue weighted by atomic mass is 16.1. The van der Waals surface area contributed by atoms with Crippen LogP contribution in [0.4, 0.5) is 0 Å². The Kier molecular flexibility index (Phi) is 1.67.